The molecule has 0 saturated carbocycles. The van der Waals surface area contributed by atoms with Gasteiger partial charge in [-0.1, -0.05) is 17.7 Å². The number of fused-ring (bicyclic) bond motifs is 1. The third kappa shape index (κ3) is 4.28. The molecule has 1 aliphatic rings. The first-order valence-electron chi connectivity index (χ1n) is 9.70. The van der Waals surface area contributed by atoms with Crippen molar-refractivity contribution in [2.45, 2.75) is 33.2 Å². The van der Waals surface area contributed by atoms with Crippen molar-refractivity contribution in [3.63, 3.8) is 0 Å². The SMILES string of the molecule is COc1cc2c(cc1OCCN(C)C)C(c1c(C)cc(C)cc1C)NCC2. The van der Waals surface area contributed by atoms with Gasteiger partial charge >= 0.3 is 0 Å². The summed E-state index contributed by atoms with van der Waals surface area (Å²) in [6.45, 7) is 9.07. The summed E-state index contributed by atoms with van der Waals surface area (Å²) in [6.07, 6.45) is 1.00. The molecule has 0 aliphatic carbocycles. The molecule has 146 valence electrons. The average Bonchev–Trinajstić information content (AvgIpc) is 2.60. The zero-order valence-corrected chi connectivity index (χ0v) is 17.5. The summed E-state index contributed by atoms with van der Waals surface area (Å²) in [6, 6.07) is 9.08. The van der Waals surface area contributed by atoms with E-state index in [1.807, 2.05) is 0 Å². The summed E-state index contributed by atoms with van der Waals surface area (Å²) in [4.78, 5) is 2.12. The highest BCUT2D eigenvalue weighted by Gasteiger charge is 2.26. The summed E-state index contributed by atoms with van der Waals surface area (Å²) in [5, 5.41) is 3.73. The zero-order chi connectivity index (χ0) is 19.6. The second-order valence-corrected chi connectivity index (χ2v) is 7.80. The van der Waals surface area contributed by atoms with Crippen LogP contribution in [0.3, 0.4) is 0 Å². The van der Waals surface area contributed by atoms with E-state index >= 15 is 0 Å². The number of hydrogen-bond donors (Lipinski definition) is 1. The van der Waals surface area contributed by atoms with Crippen LogP contribution in [0.5, 0.6) is 11.5 Å². The molecule has 0 aromatic heterocycles. The maximum Gasteiger partial charge on any atom is 0.161 e. The predicted octanol–water partition coefficient (Wildman–Crippen LogP) is 3.80. The summed E-state index contributed by atoms with van der Waals surface area (Å²) in [7, 11) is 5.82. The molecule has 0 radical (unpaired) electrons. The standard InChI is InChI=1S/C23H32N2O2/c1-15-11-16(2)22(17(3)12-15)23-19-14-21(27-10-9-25(4)5)20(26-6)13-18(19)7-8-24-23/h11-14,23-24H,7-10H2,1-6H3. The normalized spacial score (nSPS) is 16.3. The first kappa shape index (κ1) is 19.7. The lowest BCUT2D eigenvalue weighted by Crippen LogP contribution is -2.31. The van der Waals surface area contributed by atoms with Gasteiger partial charge in [0.15, 0.2) is 11.5 Å². The van der Waals surface area contributed by atoms with Crippen LogP contribution in [-0.4, -0.2) is 45.8 Å². The summed E-state index contributed by atoms with van der Waals surface area (Å²) >= 11 is 0. The van der Waals surface area contributed by atoms with Crippen molar-refractivity contribution in [1.29, 1.82) is 0 Å². The second kappa shape index (κ2) is 8.32. The maximum absolute atomic E-state index is 6.07. The minimum absolute atomic E-state index is 0.191. The molecule has 1 unspecified atom stereocenters. The molecule has 3 rings (SSSR count). The van der Waals surface area contributed by atoms with Gasteiger partial charge in [-0.15, -0.1) is 0 Å². The minimum atomic E-state index is 0.191. The van der Waals surface area contributed by atoms with E-state index in [1.54, 1.807) is 7.11 Å². The lowest BCUT2D eigenvalue weighted by molar-refractivity contribution is 0.250. The van der Waals surface area contributed by atoms with E-state index in [4.69, 9.17) is 9.47 Å². The van der Waals surface area contributed by atoms with Crippen molar-refractivity contribution < 1.29 is 9.47 Å². The Labute approximate surface area is 163 Å². The highest BCUT2D eigenvalue weighted by atomic mass is 16.5. The number of hydrogen-bond acceptors (Lipinski definition) is 4. The van der Waals surface area contributed by atoms with Crippen molar-refractivity contribution in [1.82, 2.24) is 10.2 Å². The fourth-order valence-electron chi connectivity index (χ4n) is 4.08. The molecular formula is C23H32N2O2. The topological polar surface area (TPSA) is 33.7 Å². The van der Waals surface area contributed by atoms with Crippen LogP contribution in [0, 0.1) is 20.8 Å². The first-order chi connectivity index (χ1) is 12.9. The number of methoxy groups -OCH3 is 1. The smallest absolute Gasteiger partial charge is 0.161 e. The molecule has 0 fully saturated rings. The number of rotatable bonds is 6. The van der Waals surface area contributed by atoms with Gasteiger partial charge in [-0.3, -0.25) is 0 Å². The Morgan fingerprint density at radius 2 is 1.74 bits per heavy atom. The monoisotopic (exact) mass is 368 g/mol. The van der Waals surface area contributed by atoms with Crippen LogP contribution in [0.25, 0.3) is 0 Å². The lowest BCUT2D eigenvalue weighted by Gasteiger charge is -2.31. The quantitative estimate of drug-likeness (QED) is 0.841. The van der Waals surface area contributed by atoms with E-state index in [0.717, 1.165) is 31.0 Å². The number of ether oxygens (including phenoxy) is 2. The largest absolute Gasteiger partial charge is 0.493 e. The third-order valence-electron chi connectivity index (χ3n) is 5.30. The molecule has 1 heterocycles. The predicted molar refractivity (Wildman–Crippen MR) is 111 cm³/mol. The van der Waals surface area contributed by atoms with Gasteiger partial charge in [0.2, 0.25) is 0 Å². The molecule has 1 aliphatic heterocycles. The molecule has 2 aromatic rings. The van der Waals surface area contributed by atoms with Gasteiger partial charge < -0.3 is 19.7 Å². The molecule has 2 aromatic carbocycles. The average molecular weight is 369 g/mol. The van der Waals surface area contributed by atoms with Crippen LogP contribution in [-0.2, 0) is 6.42 Å². The molecule has 0 bridgehead atoms. The molecule has 0 saturated heterocycles. The Balaban J connectivity index is 2.01. The molecule has 4 heteroatoms. The van der Waals surface area contributed by atoms with Crippen LogP contribution in [0.15, 0.2) is 24.3 Å². The lowest BCUT2D eigenvalue weighted by atomic mass is 9.85. The van der Waals surface area contributed by atoms with Gasteiger partial charge in [0.1, 0.15) is 6.61 Å². The van der Waals surface area contributed by atoms with Gasteiger partial charge in [-0.05, 0) is 81.2 Å². The van der Waals surface area contributed by atoms with E-state index in [1.165, 1.54) is 33.4 Å². The molecule has 1 atom stereocenters. The molecule has 27 heavy (non-hydrogen) atoms. The van der Waals surface area contributed by atoms with Gasteiger partial charge in [0, 0.05) is 13.1 Å². The summed E-state index contributed by atoms with van der Waals surface area (Å²) in [5.74, 6) is 1.65. The van der Waals surface area contributed by atoms with E-state index in [-0.39, 0.29) is 6.04 Å². The van der Waals surface area contributed by atoms with Crippen molar-refractivity contribution in [3.8, 4) is 11.5 Å². The number of benzene rings is 2. The van der Waals surface area contributed by atoms with Crippen molar-refractivity contribution >= 4 is 0 Å². The fourth-order valence-corrected chi connectivity index (χ4v) is 4.08. The first-order valence-corrected chi connectivity index (χ1v) is 9.70. The third-order valence-corrected chi connectivity index (χ3v) is 5.30. The van der Waals surface area contributed by atoms with Crippen molar-refractivity contribution in [3.05, 3.63) is 57.6 Å². The van der Waals surface area contributed by atoms with E-state index in [2.05, 4.69) is 69.3 Å². The van der Waals surface area contributed by atoms with E-state index in [0.29, 0.717) is 6.61 Å². The summed E-state index contributed by atoms with van der Waals surface area (Å²) < 4.78 is 11.7. The van der Waals surface area contributed by atoms with Crippen molar-refractivity contribution in [2.24, 2.45) is 0 Å². The molecule has 0 amide bonds. The van der Waals surface area contributed by atoms with Crippen LogP contribution in [0.2, 0.25) is 0 Å². The second-order valence-electron chi connectivity index (χ2n) is 7.80. The van der Waals surface area contributed by atoms with Crippen LogP contribution in [0.1, 0.15) is 39.4 Å². The Morgan fingerprint density at radius 1 is 1.04 bits per heavy atom. The molecule has 0 spiro atoms. The van der Waals surface area contributed by atoms with E-state index < -0.39 is 0 Å². The molecule has 1 N–H and O–H groups in total. The number of likely N-dealkylation sites (N-methyl/N-ethyl adjacent to an activating group) is 1. The maximum atomic E-state index is 6.07. The Morgan fingerprint density at radius 3 is 2.37 bits per heavy atom. The molecular weight excluding hydrogens is 336 g/mol. The highest BCUT2D eigenvalue weighted by Crippen LogP contribution is 2.39. The van der Waals surface area contributed by atoms with Gasteiger partial charge in [-0.2, -0.15) is 0 Å². The Kier molecular flexibility index (Phi) is 6.08. The highest BCUT2D eigenvalue weighted by molar-refractivity contribution is 5.54. The van der Waals surface area contributed by atoms with Crippen LogP contribution < -0.4 is 14.8 Å². The Hall–Kier alpha value is -2.04. The number of nitrogens with one attached hydrogen (secondary N) is 1. The van der Waals surface area contributed by atoms with Gasteiger partial charge in [0.05, 0.1) is 13.2 Å². The number of nitrogens with zero attached hydrogens (tertiary/aromatic N) is 1. The fraction of sp³-hybridized carbons (Fsp3) is 0.478. The van der Waals surface area contributed by atoms with Crippen LogP contribution >= 0.6 is 0 Å². The summed E-state index contributed by atoms with van der Waals surface area (Å²) in [5.41, 5.74) is 8.01. The Bertz CT molecular complexity index is 791. The van der Waals surface area contributed by atoms with Gasteiger partial charge in [0.25, 0.3) is 0 Å². The number of aryl methyl sites for hydroxylation is 3. The zero-order valence-electron chi connectivity index (χ0n) is 17.5. The van der Waals surface area contributed by atoms with Crippen molar-refractivity contribution in [2.75, 3.05) is 40.9 Å². The minimum Gasteiger partial charge on any atom is -0.493 e. The van der Waals surface area contributed by atoms with Crippen LogP contribution in [0.4, 0.5) is 0 Å². The van der Waals surface area contributed by atoms with E-state index in [9.17, 15) is 0 Å². The van der Waals surface area contributed by atoms with Gasteiger partial charge in [-0.25, -0.2) is 0 Å². The molecule has 4 nitrogen and oxygen atoms in total.